The molecular formula is C12H19BrN2O2. The van der Waals surface area contributed by atoms with E-state index in [1.165, 1.54) is 0 Å². The number of halogens is 1. The highest BCUT2D eigenvalue weighted by molar-refractivity contribution is 9.10. The minimum atomic E-state index is -0.563. The van der Waals surface area contributed by atoms with Crippen LogP contribution in [-0.4, -0.2) is 39.7 Å². The van der Waals surface area contributed by atoms with Crippen molar-refractivity contribution in [2.24, 2.45) is 0 Å². The van der Waals surface area contributed by atoms with Crippen LogP contribution in [0.5, 0.6) is 0 Å². The van der Waals surface area contributed by atoms with Crippen LogP contribution < -0.4 is 0 Å². The Morgan fingerprint density at radius 2 is 2.18 bits per heavy atom. The molecule has 1 aromatic heterocycles. The summed E-state index contributed by atoms with van der Waals surface area (Å²) >= 11 is 3.37. The fourth-order valence-electron chi connectivity index (χ4n) is 1.47. The minimum absolute atomic E-state index is 0.0662. The summed E-state index contributed by atoms with van der Waals surface area (Å²) in [6, 6.07) is 1.80. The Bertz CT molecular complexity index is 413. The second-order valence-electron chi connectivity index (χ2n) is 4.66. The summed E-state index contributed by atoms with van der Waals surface area (Å²) in [5.74, 6) is -0.0865. The number of rotatable bonds is 4. The monoisotopic (exact) mass is 302 g/mol. The van der Waals surface area contributed by atoms with E-state index in [9.17, 15) is 9.90 Å². The van der Waals surface area contributed by atoms with E-state index in [0.29, 0.717) is 5.69 Å². The number of nitrogens with zero attached hydrogens (tertiary/aromatic N) is 2. The highest BCUT2D eigenvalue weighted by Crippen LogP contribution is 2.20. The summed E-state index contributed by atoms with van der Waals surface area (Å²) in [6.45, 7) is 6.32. The molecule has 1 amide bonds. The molecule has 0 unspecified atom stereocenters. The number of likely N-dealkylation sites (N-methyl/N-ethyl adjacent to an activating group) is 1. The summed E-state index contributed by atoms with van der Waals surface area (Å²) in [5.41, 5.74) is 0.0651. The van der Waals surface area contributed by atoms with E-state index in [4.69, 9.17) is 0 Å². The highest BCUT2D eigenvalue weighted by Gasteiger charge is 2.29. The lowest BCUT2D eigenvalue weighted by Crippen LogP contribution is -2.48. The van der Waals surface area contributed by atoms with Gasteiger partial charge in [-0.1, -0.05) is 0 Å². The van der Waals surface area contributed by atoms with Gasteiger partial charge >= 0.3 is 0 Å². The lowest BCUT2D eigenvalue weighted by Gasteiger charge is -2.34. The molecule has 96 valence electrons. The molecule has 5 heteroatoms. The Morgan fingerprint density at radius 3 is 2.65 bits per heavy atom. The summed E-state index contributed by atoms with van der Waals surface area (Å²) < 4.78 is 2.77. The molecule has 0 bridgehead atoms. The smallest absolute Gasteiger partial charge is 0.270 e. The van der Waals surface area contributed by atoms with Crippen molar-refractivity contribution in [2.75, 3.05) is 13.7 Å². The van der Waals surface area contributed by atoms with Gasteiger partial charge in [0.05, 0.1) is 12.1 Å². The number of aliphatic hydroxyl groups excluding tert-OH is 1. The van der Waals surface area contributed by atoms with Crippen LogP contribution >= 0.6 is 15.9 Å². The second kappa shape index (κ2) is 5.23. The van der Waals surface area contributed by atoms with Crippen molar-refractivity contribution in [2.45, 2.75) is 32.9 Å². The summed E-state index contributed by atoms with van der Waals surface area (Å²) in [7, 11) is 1.71. The van der Waals surface area contributed by atoms with Gasteiger partial charge in [0.1, 0.15) is 5.69 Å². The van der Waals surface area contributed by atoms with E-state index < -0.39 is 5.54 Å². The lowest BCUT2D eigenvalue weighted by molar-refractivity contribution is 0.0463. The van der Waals surface area contributed by atoms with E-state index >= 15 is 0 Å². The third-order valence-electron chi connectivity index (χ3n) is 3.02. The third kappa shape index (κ3) is 2.90. The third-order valence-corrected chi connectivity index (χ3v) is 3.46. The van der Waals surface area contributed by atoms with Gasteiger partial charge in [-0.2, -0.15) is 0 Å². The van der Waals surface area contributed by atoms with Crippen molar-refractivity contribution < 1.29 is 9.90 Å². The molecule has 0 spiro atoms. The van der Waals surface area contributed by atoms with Crippen molar-refractivity contribution in [1.82, 2.24) is 9.47 Å². The van der Waals surface area contributed by atoms with E-state index in [1.807, 2.05) is 31.5 Å². The number of carbonyl (C=O) groups is 1. The van der Waals surface area contributed by atoms with Gasteiger partial charge in [-0.05, 0) is 42.8 Å². The molecule has 4 nitrogen and oxygen atoms in total. The maximum absolute atomic E-state index is 12.3. The van der Waals surface area contributed by atoms with Crippen molar-refractivity contribution in [3.63, 3.8) is 0 Å². The number of carbonyl (C=O) groups excluding carboxylic acids is 1. The van der Waals surface area contributed by atoms with Crippen LogP contribution in [0.2, 0.25) is 0 Å². The van der Waals surface area contributed by atoms with Crippen LogP contribution in [0, 0.1) is 0 Å². The maximum atomic E-state index is 12.3. The first kappa shape index (κ1) is 14.3. The first-order valence-electron chi connectivity index (χ1n) is 5.58. The highest BCUT2D eigenvalue weighted by atomic mass is 79.9. The lowest BCUT2D eigenvalue weighted by atomic mass is 10.0. The van der Waals surface area contributed by atoms with Crippen molar-refractivity contribution in [1.29, 1.82) is 0 Å². The maximum Gasteiger partial charge on any atom is 0.270 e. The van der Waals surface area contributed by atoms with Crippen LogP contribution in [0.25, 0.3) is 0 Å². The van der Waals surface area contributed by atoms with E-state index in [2.05, 4.69) is 15.9 Å². The van der Waals surface area contributed by atoms with Gasteiger partial charge in [0, 0.05) is 24.3 Å². The second-order valence-corrected chi connectivity index (χ2v) is 5.58. The number of amides is 1. The molecule has 1 N–H and O–H groups in total. The molecule has 0 aliphatic heterocycles. The van der Waals surface area contributed by atoms with Gasteiger partial charge < -0.3 is 14.6 Å². The first-order valence-corrected chi connectivity index (χ1v) is 6.37. The fraction of sp³-hybridized carbons (Fsp3) is 0.583. The Labute approximate surface area is 110 Å². The molecule has 0 radical (unpaired) electrons. The number of aromatic nitrogens is 1. The number of hydrogen-bond donors (Lipinski definition) is 1. The molecule has 0 saturated carbocycles. The van der Waals surface area contributed by atoms with Crippen molar-refractivity contribution in [3.8, 4) is 0 Å². The summed E-state index contributed by atoms with van der Waals surface area (Å²) in [5, 5.41) is 9.28. The van der Waals surface area contributed by atoms with Crippen molar-refractivity contribution >= 4 is 21.8 Å². The predicted molar refractivity (Wildman–Crippen MR) is 71.1 cm³/mol. The molecule has 0 atom stereocenters. The van der Waals surface area contributed by atoms with E-state index in [1.54, 1.807) is 18.0 Å². The van der Waals surface area contributed by atoms with Gasteiger partial charge in [0.25, 0.3) is 5.91 Å². The molecule has 17 heavy (non-hydrogen) atoms. The summed E-state index contributed by atoms with van der Waals surface area (Å²) in [4.78, 5) is 13.9. The van der Waals surface area contributed by atoms with Gasteiger partial charge in [-0.25, -0.2) is 0 Å². The Kier molecular flexibility index (Phi) is 4.38. The van der Waals surface area contributed by atoms with Crippen LogP contribution in [0.3, 0.4) is 0 Å². The number of aliphatic hydroxyl groups is 1. The van der Waals surface area contributed by atoms with Crippen LogP contribution in [0.1, 0.15) is 31.3 Å². The molecule has 0 saturated heterocycles. The van der Waals surface area contributed by atoms with Crippen LogP contribution in [0.4, 0.5) is 0 Å². The molecule has 1 aromatic rings. The van der Waals surface area contributed by atoms with Crippen LogP contribution in [0.15, 0.2) is 16.7 Å². The minimum Gasteiger partial charge on any atom is -0.394 e. The average Bonchev–Trinajstić information content (AvgIpc) is 2.68. The molecule has 1 heterocycles. The van der Waals surface area contributed by atoms with E-state index in [-0.39, 0.29) is 12.5 Å². The van der Waals surface area contributed by atoms with Crippen molar-refractivity contribution in [3.05, 3.63) is 22.4 Å². The zero-order valence-corrected chi connectivity index (χ0v) is 12.3. The summed E-state index contributed by atoms with van der Waals surface area (Å²) in [6.07, 6.45) is 1.88. The SMILES string of the molecule is CCn1cc(Br)cc1C(=O)N(C)C(C)(C)CO. The normalized spacial score (nSPS) is 11.6. The molecule has 0 fully saturated rings. The van der Waals surface area contributed by atoms with Gasteiger partial charge in [0.15, 0.2) is 0 Å². The average molecular weight is 303 g/mol. The quantitative estimate of drug-likeness (QED) is 0.926. The predicted octanol–water partition coefficient (Wildman–Crippen LogP) is 2.11. The number of aryl methyl sites for hydroxylation is 1. The first-order chi connectivity index (χ1) is 7.83. The molecule has 0 aromatic carbocycles. The topological polar surface area (TPSA) is 45.5 Å². The van der Waals surface area contributed by atoms with Crippen LogP contribution in [-0.2, 0) is 6.54 Å². The fourth-order valence-corrected chi connectivity index (χ4v) is 1.93. The zero-order chi connectivity index (χ0) is 13.2. The largest absolute Gasteiger partial charge is 0.394 e. The molecule has 0 aliphatic rings. The Morgan fingerprint density at radius 1 is 1.59 bits per heavy atom. The Hall–Kier alpha value is -0.810. The Balaban J connectivity index is 3.04. The van der Waals surface area contributed by atoms with Gasteiger partial charge in [-0.3, -0.25) is 4.79 Å². The number of hydrogen-bond acceptors (Lipinski definition) is 2. The zero-order valence-electron chi connectivity index (χ0n) is 10.7. The van der Waals surface area contributed by atoms with Gasteiger partial charge in [-0.15, -0.1) is 0 Å². The standard InChI is InChI=1S/C12H19BrN2O2/c1-5-15-7-9(13)6-10(15)11(17)14(4)12(2,3)8-16/h6-7,16H,5,8H2,1-4H3. The molecular weight excluding hydrogens is 284 g/mol. The van der Waals surface area contributed by atoms with Gasteiger partial charge in [0.2, 0.25) is 0 Å². The molecule has 1 rings (SSSR count). The molecule has 0 aliphatic carbocycles. The van der Waals surface area contributed by atoms with E-state index in [0.717, 1.165) is 11.0 Å².